The van der Waals surface area contributed by atoms with Crippen molar-refractivity contribution in [2.45, 2.75) is 110 Å². The van der Waals surface area contributed by atoms with Crippen LogP contribution in [0.1, 0.15) is 84.6 Å². The molecule has 0 bridgehead atoms. The molecule has 1 aromatic rings. The zero-order valence-electron chi connectivity index (χ0n) is 23.7. The summed E-state index contributed by atoms with van der Waals surface area (Å²) < 4.78 is 11.7. The molecule has 0 radical (unpaired) electrons. The van der Waals surface area contributed by atoms with E-state index >= 15 is 0 Å². The second-order valence-corrected chi connectivity index (χ2v) is 11.3. The number of esters is 1. The molecule has 0 spiro atoms. The van der Waals surface area contributed by atoms with Gasteiger partial charge in [-0.05, 0) is 43.1 Å². The van der Waals surface area contributed by atoms with Crippen molar-refractivity contribution >= 4 is 17.8 Å². The maximum Gasteiger partial charge on any atom is 0.329 e. The minimum absolute atomic E-state index is 0.0176. The van der Waals surface area contributed by atoms with Gasteiger partial charge in [0.25, 0.3) is 0 Å². The third kappa shape index (κ3) is 11.9. The number of hydrogen-bond donors (Lipinski definition) is 3. The fourth-order valence-corrected chi connectivity index (χ4v) is 4.45. The number of hydrogen-bond acceptors (Lipinski definition) is 6. The quantitative estimate of drug-likeness (QED) is 0.332. The largest absolute Gasteiger partial charge is 0.461 e. The van der Waals surface area contributed by atoms with Gasteiger partial charge in [0.1, 0.15) is 18.2 Å². The van der Waals surface area contributed by atoms with E-state index in [0.717, 1.165) is 44.1 Å². The van der Waals surface area contributed by atoms with Crippen molar-refractivity contribution in [3.63, 3.8) is 0 Å². The molecule has 8 heteroatoms. The van der Waals surface area contributed by atoms with Crippen molar-refractivity contribution in [1.29, 1.82) is 0 Å². The molecule has 1 aliphatic carbocycles. The fraction of sp³-hybridized carbons (Fsp3) is 0.700. The Morgan fingerprint density at radius 2 is 1.42 bits per heavy atom. The predicted octanol–water partition coefficient (Wildman–Crippen LogP) is 3.90. The predicted molar refractivity (Wildman–Crippen MR) is 149 cm³/mol. The van der Waals surface area contributed by atoms with Crippen molar-refractivity contribution in [2.24, 2.45) is 17.6 Å². The molecule has 0 heterocycles. The molecule has 1 fully saturated rings. The van der Waals surface area contributed by atoms with E-state index in [0.29, 0.717) is 6.61 Å². The highest BCUT2D eigenvalue weighted by atomic mass is 16.5. The van der Waals surface area contributed by atoms with E-state index in [1.165, 1.54) is 12.8 Å². The Hall–Kier alpha value is -2.45. The van der Waals surface area contributed by atoms with Gasteiger partial charge in [-0.1, -0.05) is 83.7 Å². The maximum absolute atomic E-state index is 13.4. The maximum atomic E-state index is 13.4. The number of nitrogens with two attached hydrogens (primary N) is 1. The summed E-state index contributed by atoms with van der Waals surface area (Å²) in [7, 11) is 0. The standard InChI is InChI=1S/C30H49N3O5/c1-21(2)19-37-20-26(33-29(35)27(31)22(3)4)28(34)32-25(18-23-14-10-9-11-15-23)30(36)38-24-16-12-7-5-6-8-13-17-24/h9-11,14-15,21-22,24-27H,5-8,12-13,16-20,31H2,1-4H3,(H,32,34)(H,33,35)/t25-,26-,27-/m0/s1. The molecule has 0 aromatic heterocycles. The van der Waals surface area contributed by atoms with Crippen LogP contribution in [0.5, 0.6) is 0 Å². The van der Waals surface area contributed by atoms with Gasteiger partial charge in [-0.25, -0.2) is 4.79 Å². The lowest BCUT2D eigenvalue weighted by Crippen LogP contribution is -2.57. The third-order valence-electron chi connectivity index (χ3n) is 6.86. The monoisotopic (exact) mass is 531 g/mol. The first-order valence-corrected chi connectivity index (χ1v) is 14.4. The third-order valence-corrected chi connectivity index (χ3v) is 6.86. The summed E-state index contributed by atoms with van der Waals surface area (Å²) in [6.45, 7) is 8.12. The lowest BCUT2D eigenvalue weighted by molar-refractivity contribution is -0.154. The molecule has 2 amide bonds. The topological polar surface area (TPSA) is 120 Å². The zero-order chi connectivity index (χ0) is 27.9. The minimum Gasteiger partial charge on any atom is -0.461 e. The molecule has 0 unspecified atom stereocenters. The number of nitrogens with one attached hydrogen (secondary N) is 2. The van der Waals surface area contributed by atoms with Crippen LogP contribution < -0.4 is 16.4 Å². The molecular weight excluding hydrogens is 482 g/mol. The number of amides is 2. The first-order valence-electron chi connectivity index (χ1n) is 14.4. The van der Waals surface area contributed by atoms with Crippen LogP contribution in [0, 0.1) is 11.8 Å². The van der Waals surface area contributed by atoms with Crippen LogP contribution in [0.15, 0.2) is 30.3 Å². The molecule has 1 aliphatic rings. The van der Waals surface area contributed by atoms with E-state index in [1.807, 2.05) is 58.0 Å². The van der Waals surface area contributed by atoms with E-state index in [1.54, 1.807) is 0 Å². The van der Waals surface area contributed by atoms with Gasteiger partial charge in [0.05, 0.1) is 12.6 Å². The van der Waals surface area contributed by atoms with Crippen molar-refractivity contribution in [3.05, 3.63) is 35.9 Å². The van der Waals surface area contributed by atoms with E-state index in [2.05, 4.69) is 10.6 Å². The van der Waals surface area contributed by atoms with Crippen molar-refractivity contribution < 1.29 is 23.9 Å². The van der Waals surface area contributed by atoms with Crippen LogP contribution >= 0.6 is 0 Å². The average molecular weight is 532 g/mol. The van der Waals surface area contributed by atoms with Crippen LogP contribution in [0.4, 0.5) is 0 Å². The summed E-state index contributed by atoms with van der Waals surface area (Å²) in [4.78, 5) is 39.5. The highest BCUT2D eigenvalue weighted by molar-refractivity contribution is 5.92. The molecule has 0 saturated heterocycles. The summed E-state index contributed by atoms with van der Waals surface area (Å²) in [5, 5.41) is 5.59. The second-order valence-electron chi connectivity index (χ2n) is 11.3. The smallest absolute Gasteiger partial charge is 0.329 e. The van der Waals surface area contributed by atoms with Gasteiger partial charge < -0.3 is 25.8 Å². The van der Waals surface area contributed by atoms with Crippen LogP contribution in [0.3, 0.4) is 0 Å². The molecule has 3 atom stereocenters. The Morgan fingerprint density at radius 1 is 0.842 bits per heavy atom. The molecule has 1 aromatic carbocycles. The van der Waals surface area contributed by atoms with Crippen LogP contribution in [0.25, 0.3) is 0 Å². The molecule has 2 rings (SSSR count). The van der Waals surface area contributed by atoms with E-state index in [4.69, 9.17) is 15.2 Å². The molecular formula is C30H49N3O5. The van der Waals surface area contributed by atoms with Gasteiger partial charge in [0, 0.05) is 13.0 Å². The Labute approximate surface area is 228 Å². The first-order chi connectivity index (χ1) is 18.2. The van der Waals surface area contributed by atoms with Gasteiger partial charge in [-0.2, -0.15) is 0 Å². The summed E-state index contributed by atoms with van der Waals surface area (Å²) in [5.74, 6) is -1.20. The van der Waals surface area contributed by atoms with Crippen LogP contribution in [-0.4, -0.2) is 55.2 Å². The zero-order valence-corrected chi connectivity index (χ0v) is 23.7. The molecule has 214 valence electrons. The fourth-order valence-electron chi connectivity index (χ4n) is 4.45. The normalized spacial score (nSPS) is 17.6. The van der Waals surface area contributed by atoms with Crippen molar-refractivity contribution in [3.8, 4) is 0 Å². The minimum atomic E-state index is -0.984. The van der Waals surface area contributed by atoms with Crippen LogP contribution in [0.2, 0.25) is 0 Å². The number of benzene rings is 1. The molecule has 0 aliphatic heterocycles. The summed E-state index contributed by atoms with van der Waals surface area (Å²) >= 11 is 0. The molecule has 8 nitrogen and oxygen atoms in total. The van der Waals surface area contributed by atoms with Gasteiger partial charge in [-0.15, -0.1) is 0 Å². The van der Waals surface area contributed by atoms with Crippen LogP contribution in [-0.2, 0) is 30.3 Å². The van der Waals surface area contributed by atoms with E-state index in [-0.39, 0.29) is 31.0 Å². The van der Waals surface area contributed by atoms with Gasteiger partial charge >= 0.3 is 5.97 Å². The SMILES string of the molecule is CC(C)COC[C@H](NC(=O)[C@@H](N)C(C)C)C(=O)N[C@@H](Cc1ccccc1)C(=O)OC1CCCCCCCC1. The Balaban J connectivity index is 2.17. The first kappa shape index (κ1) is 31.8. The van der Waals surface area contributed by atoms with E-state index < -0.39 is 35.9 Å². The van der Waals surface area contributed by atoms with E-state index in [9.17, 15) is 14.4 Å². The summed E-state index contributed by atoms with van der Waals surface area (Å²) in [6, 6.07) is 6.90. The highest BCUT2D eigenvalue weighted by Gasteiger charge is 2.31. The number of ether oxygens (including phenoxy) is 2. The second kappa shape index (κ2) is 17.2. The van der Waals surface area contributed by atoms with Crippen molar-refractivity contribution in [2.75, 3.05) is 13.2 Å². The number of rotatable bonds is 13. The number of carbonyl (C=O) groups excluding carboxylic acids is 3. The Kier molecular flexibility index (Phi) is 14.4. The molecule has 1 saturated carbocycles. The lowest BCUT2D eigenvalue weighted by Gasteiger charge is -2.26. The van der Waals surface area contributed by atoms with Gasteiger partial charge in [-0.3, -0.25) is 9.59 Å². The lowest BCUT2D eigenvalue weighted by atomic mass is 10.0. The highest BCUT2D eigenvalue weighted by Crippen LogP contribution is 2.20. The van der Waals surface area contributed by atoms with Gasteiger partial charge in [0.15, 0.2) is 0 Å². The van der Waals surface area contributed by atoms with Crippen molar-refractivity contribution in [1.82, 2.24) is 10.6 Å². The summed E-state index contributed by atoms with van der Waals surface area (Å²) in [5.41, 5.74) is 6.92. The Bertz CT molecular complexity index is 836. The summed E-state index contributed by atoms with van der Waals surface area (Å²) in [6.07, 6.45) is 8.62. The Morgan fingerprint density at radius 3 is 2.00 bits per heavy atom. The number of carbonyl (C=O) groups is 3. The molecule has 38 heavy (non-hydrogen) atoms. The van der Waals surface area contributed by atoms with Gasteiger partial charge in [0.2, 0.25) is 11.8 Å². The molecule has 4 N–H and O–H groups in total. The average Bonchev–Trinajstić information content (AvgIpc) is 3.01.